The van der Waals surface area contributed by atoms with Gasteiger partial charge in [-0.3, -0.25) is 0 Å². The van der Waals surface area contributed by atoms with Crippen LogP contribution in [0.15, 0.2) is 12.2 Å². The van der Waals surface area contributed by atoms with E-state index in [0.717, 1.165) is 32.0 Å². The first kappa shape index (κ1) is 23.9. The van der Waals surface area contributed by atoms with Gasteiger partial charge in [0.05, 0.1) is 0 Å². The summed E-state index contributed by atoms with van der Waals surface area (Å²) in [5.74, 6) is -0.852. The van der Waals surface area contributed by atoms with Crippen molar-refractivity contribution in [2.45, 2.75) is 116 Å². The smallest absolute Gasteiger partial charge is 0.330 e. The Hall–Kier alpha value is -1.12. The number of hydrogen-bond acceptors (Lipinski definition) is 2. The average Bonchev–Trinajstić information content (AvgIpc) is 2.60. The molecular formula is C22H40O3. The van der Waals surface area contributed by atoms with Gasteiger partial charge in [-0.05, 0) is 19.3 Å². The molecule has 0 aromatic carbocycles. The van der Waals surface area contributed by atoms with E-state index < -0.39 is 5.97 Å². The van der Waals surface area contributed by atoms with E-state index in [-0.39, 0.29) is 0 Å². The zero-order chi connectivity index (χ0) is 18.6. The van der Waals surface area contributed by atoms with Crippen molar-refractivity contribution in [1.82, 2.24) is 0 Å². The maximum Gasteiger partial charge on any atom is 0.330 e. The van der Waals surface area contributed by atoms with Crippen LogP contribution in [0.5, 0.6) is 0 Å². The van der Waals surface area contributed by atoms with Gasteiger partial charge in [0.2, 0.25) is 0 Å². The summed E-state index contributed by atoms with van der Waals surface area (Å²) in [5.41, 5.74) is 0.345. The molecule has 0 aliphatic heterocycles. The molecule has 0 saturated heterocycles. The minimum Gasteiger partial charge on any atom is -0.478 e. The minimum atomic E-state index is -0.852. The molecule has 0 heterocycles. The highest BCUT2D eigenvalue weighted by atomic mass is 16.4. The largest absolute Gasteiger partial charge is 0.478 e. The summed E-state index contributed by atoms with van der Waals surface area (Å²) >= 11 is 0. The van der Waals surface area contributed by atoms with Crippen LogP contribution in [-0.4, -0.2) is 17.4 Å². The fourth-order valence-corrected chi connectivity index (χ4v) is 3.15. The van der Waals surface area contributed by atoms with E-state index in [9.17, 15) is 9.59 Å². The van der Waals surface area contributed by atoms with Gasteiger partial charge in [0.1, 0.15) is 6.29 Å². The van der Waals surface area contributed by atoms with E-state index in [4.69, 9.17) is 5.11 Å². The standard InChI is InChI=1S/C22H40O3/c1-21(22(24)25)19-17-15-13-11-9-7-5-3-2-4-6-8-10-12-14-16-18-20-23/h20H,1-19H2,(H,24,25). The molecule has 0 aliphatic rings. The van der Waals surface area contributed by atoms with Gasteiger partial charge in [0, 0.05) is 12.0 Å². The molecule has 0 aliphatic carbocycles. The Balaban J connectivity index is 3.06. The number of carbonyl (C=O) groups excluding carboxylic acids is 1. The zero-order valence-corrected chi connectivity index (χ0v) is 16.3. The molecule has 0 spiro atoms. The second-order valence-electron chi connectivity index (χ2n) is 7.27. The highest BCUT2D eigenvalue weighted by Crippen LogP contribution is 2.15. The molecule has 1 N–H and O–H groups in total. The zero-order valence-electron chi connectivity index (χ0n) is 16.3. The van der Waals surface area contributed by atoms with Crippen LogP contribution < -0.4 is 0 Å². The summed E-state index contributed by atoms with van der Waals surface area (Å²) in [5, 5.41) is 8.72. The Bertz CT molecular complexity index is 336. The van der Waals surface area contributed by atoms with Gasteiger partial charge in [-0.1, -0.05) is 96.5 Å². The van der Waals surface area contributed by atoms with Gasteiger partial charge in [-0.25, -0.2) is 4.79 Å². The van der Waals surface area contributed by atoms with Gasteiger partial charge < -0.3 is 9.90 Å². The molecule has 0 aromatic rings. The van der Waals surface area contributed by atoms with Crippen LogP contribution in [0.2, 0.25) is 0 Å². The van der Waals surface area contributed by atoms with Crippen molar-refractivity contribution in [3.63, 3.8) is 0 Å². The second kappa shape index (κ2) is 19.2. The van der Waals surface area contributed by atoms with Gasteiger partial charge in [-0.2, -0.15) is 0 Å². The molecule has 0 amide bonds. The molecule has 0 unspecified atom stereocenters. The fourth-order valence-electron chi connectivity index (χ4n) is 3.15. The predicted octanol–water partition coefficient (Wildman–Crippen LogP) is 6.85. The summed E-state index contributed by atoms with van der Waals surface area (Å²) in [6, 6.07) is 0. The molecule has 0 aromatic heterocycles. The lowest BCUT2D eigenvalue weighted by molar-refractivity contribution is -0.132. The summed E-state index contributed by atoms with van der Waals surface area (Å²) in [4.78, 5) is 20.8. The molecule has 0 bridgehead atoms. The number of unbranched alkanes of at least 4 members (excludes halogenated alkanes) is 16. The molecule has 0 atom stereocenters. The Morgan fingerprint density at radius 3 is 1.28 bits per heavy atom. The van der Waals surface area contributed by atoms with Crippen LogP contribution in [0.4, 0.5) is 0 Å². The Morgan fingerprint density at radius 1 is 0.640 bits per heavy atom. The van der Waals surface area contributed by atoms with Crippen molar-refractivity contribution < 1.29 is 14.7 Å². The molecule has 0 saturated carbocycles. The third-order valence-corrected chi connectivity index (χ3v) is 4.85. The van der Waals surface area contributed by atoms with Gasteiger partial charge in [0.25, 0.3) is 0 Å². The van der Waals surface area contributed by atoms with E-state index in [0.29, 0.717) is 12.0 Å². The van der Waals surface area contributed by atoms with Crippen molar-refractivity contribution in [3.8, 4) is 0 Å². The van der Waals surface area contributed by atoms with Crippen LogP contribution in [-0.2, 0) is 9.59 Å². The third kappa shape index (κ3) is 19.1. The molecule has 25 heavy (non-hydrogen) atoms. The maximum absolute atomic E-state index is 10.6. The van der Waals surface area contributed by atoms with Crippen molar-refractivity contribution in [2.75, 3.05) is 0 Å². The molecular weight excluding hydrogens is 312 g/mol. The monoisotopic (exact) mass is 352 g/mol. The number of carboxylic acid groups (broad SMARTS) is 1. The minimum absolute atomic E-state index is 0.345. The highest BCUT2D eigenvalue weighted by molar-refractivity contribution is 5.85. The van der Waals surface area contributed by atoms with Crippen molar-refractivity contribution in [3.05, 3.63) is 12.2 Å². The van der Waals surface area contributed by atoms with E-state index in [1.165, 1.54) is 83.5 Å². The number of rotatable bonds is 20. The van der Waals surface area contributed by atoms with Crippen LogP contribution in [0, 0.1) is 0 Å². The van der Waals surface area contributed by atoms with Crippen molar-refractivity contribution in [1.29, 1.82) is 0 Å². The lowest BCUT2D eigenvalue weighted by Crippen LogP contribution is -1.98. The third-order valence-electron chi connectivity index (χ3n) is 4.85. The molecule has 146 valence electrons. The quantitative estimate of drug-likeness (QED) is 0.148. The van der Waals surface area contributed by atoms with Crippen LogP contribution in [0.3, 0.4) is 0 Å². The number of aldehydes is 1. The van der Waals surface area contributed by atoms with E-state index in [1.54, 1.807) is 0 Å². The van der Waals surface area contributed by atoms with Crippen molar-refractivity contribution >= 4 is 12.3 Å². The molecule has 0 fully saturated rings. The summed E-state index contributed by atoms with van der Waals surface area (Å²) in [6.45, 7) is 3.56. The molecule has 3 heteroatoms. The van der Waals surface area contributed by atoms with Crippen LogP contribution in [0.1, 0.15) is 116 Å². The van der Waals surface area contributed by atoms with Crippen LogP contribution in [0.25, 0.3) is 0 Å². The Kier molecular flexibility index (Phi) is 18.3. The lowest BCUT2D eigenvalue weighted by atomic mass is 10.0. The summed E-state index contributed by atoms with van der Waals surface area (Å²) in [7, 11) is 0. The Labute approximate surface area is 155 Å². The number of aliphatic carboxylic acids is 1. The van der Waals surface area contributed by atoms with Crippen molar-refractivity contribution in [2.24, 2.45) is 0 Å². The molecule has 0 radical (unpaired) electrons. The van der Waals surface area contributed by atoms with E-state index in [2.05, 4.69) is 6.58 Å². The number of carbonyl (C=O) groups is 2. The summed E-state index contributed by atoms with van der Waals surface area (Å²) < 4.78 is 0. The average molecular weight is 353 g/mol. The fraction of sp³-hybridized carbons (Fsp3) is 0.818. The molecule has 3 nitrogen and oxygen atoms in total. The summed E-state index contributed by atoms with van der Waals surface area (Å²) in [6.07, 6.45) is 22.8. The SMILES string of the molecule is C=C(CCCCCCCCCCCCCCCCCCC=O)C(=O)O. The topological polar surface area (TPSA) is 54.4 Å². The van der Waals surface area contributed by atoms with Gasteiger partial charge in [0.15, 0.2) is 0 Å². The van der Waals surface area contributed by atoms with E-state index >= 15 is 0 Å². The first-order valence-corrected chi connectivity index (χ1v) is 10.5. The number of hydrogen-bond donors (Lipinski definition) is 1. The Morgan fingerprint density at radius 2 is 0.960 bits per heavy atom. The van der Waals surface area contributed by atoms with Gasteiger partial charge >= 0.3 is 5.97 Å². The highest BCUT2D eigenvalue weighted by Gasteiger charge is 2.02. The lowest BCUT2D eigenvalue weighted by Gasteiger charge is -2.04. The number of carboxylic acids is 1. The molecule has 0 rings (SSSR count). The first-order chi connectivity index (χ1) is 12.2. The normalized spacial score (nSPS) is 10.7. The first-order valence-electron chi connectivity index (χ1n) is 10.5. The maximum atomic E-state index is 10.6. The van der Waals surface area contributed by atoms with E-state index in [1.807, 2.05) is 0 Å². The predicted molar refractivity (Wildman–Crippen MR) is 106 cm³/mol. The second-order valence-corrected chi connectivity index (χ2v) is 7.27. The van der Waals surface area contributed by atoms with Gasteiger partial charge in [-0.15, -0.1) is 0 Å². The van der Waals surface area contributed by atoms with Crippen LogP contribution >= 0.6 is 0 Å².